The van der Waals surface area contributed by atoms with Gasteiger partial charge in [-0.2, -0.15) is 5.10 Å². The zero-order valence-electron chi connectivity index (χ0n) is 15.4. The monoisotopic (exact) mass is 402 g/mol. The molecule has 0 bridgehead atoms. The van der Waals surface area contributed by atoms with Crippen molar-refractivity contribution in [1.82, 2.24) is 5.43 Å². The van der Waals surface area contributed by atoms with E-state index in [4.69, 9.17) is 11.6 Å². The zero-order chi connectivity index (χ0) is 20.7. The van der Waals surface area contributed by atoms with Gasteiger partial charge in [-0.1, -0.05) is 30.7 Å². The van der Waals surface area contributed by atoms with Crippen LogP contribution in [0, 0.1) is 10.1 Å². The van der Waals surface area contributed by atoms with Crippen LogP contribution < -0.4 is 10.7 Å². The fraction of sp³-hybridized carbons (Fsp3) is 0.211. The molecule has 0 atom stereocenters. The molecule has 8 nitrogen and oxygen atoms in total. The van der Waals surface area contributed by atoms with Crippen molar-refractivity contribution in [3.8, 4) is 0 Å². The van der Waals surface area contributed by atoms with Gasteiger partial charge in [0.25, 0.3) is 11.6 Å². The van der Waals surface area contributed by atoms with Crippen LogP contribution in [0.25, 0.3) is 0 Å². The van der Waals surface area contributed by atoms with Gasteiger partial charge in [-0.25, -0.2) is 5.43 Å². The van der Waals surface area contributed by atoms with Crippen LogP contribution in [0.1, 0.15) is 36.2 Å². The van der Waals surface area contributed by atoms with Gasteiger partial charge < -0.3 is 5.32 Å². The van der Waals surface area contributed by atoms with Gasteiger partial charge >= 0.3 is 0 Å². The molecule has 9 heteroatoms. The second-order valence-corrected chi connectivity index (χ2v) is 6.39. The fourth-order valence-electron chi connectivity index (χ4n) is 2.31. The Labute approximate surface area is 166 Å². The first kappa shape index (κ1) is 21.0. The van der Waals surface area contributed by atoms with Crippen LogP contribution >= 0.6 is 11.6 Å². The average molecular weight is 403 g/mol. The zero-order valence-corrected chi connectivity index (χ0v) is 16.1. The number of nitro benzene ring substituents is 1. The second-order valence-electron chi connectivity index (χ2n) is 5.99. The Kier molecular flexibility index (Phi) is 7.22. The second kappa shape index (κ2) is 9.61. The number of aryl methyl sites for hydroxylation is 1. The number of carbonyl (C=O) groups is 2. The number of amides is 2. The van der Waals surface area contributed by atoms with Gasteiger partial charge in [0, 0.05) is 23.0 Å². The Morgan fingerprint density at radius 1 is 1.18 bits per heavy atom. The van der Waals surface area contributed by atoms with E-state index < -0.39 is 10.8 Å². The number of hydrazone groups is 1. The molecule has 2 aromatic carbocycles. The number of carbonyl (C=O) groups excluding carboxylic acids is 2. The maximum atomic E-state index is 12.1. The number of halogens is 1. The van der Waals surface area contributed by atoms with Crippen LogP contribution in [0.2, 0.25) is 5.02 Å². The maximum Gasteiger partial charge on any atom is 0.287 e. The highest BCUT2D eigenvalue weighted by Crippen LogP contribution is 2.24. The molecular weight excluding hydrogens is 384 g/mol. The number of nitrogens with one attached hydrogen (secondary N) is 2. The van der Waals surface area contributed by atoms with E-state index in [9.17, 15) is 19.7 Å². The molecule has 2 N–H and O–H groups in total. The minimum absolute atomic E-state index is 0.00315. The number of nitrogens with zero attached hydrogens (tertiary/aromatic N) is 2. The summed E-state index contributed by atoms with van der Waals surface area (Å²) in [4.78, 5) is 34.2. The largest absolute Gasteiger partial charge is 0.326 e. The minimum Gasteiger partial charge on any atom is -0.326 e. The molecule has 0 aliphatic carbocycles. The van der Waals surface area contributed by atoms with Crippen molar-refractivity contribution in [2.75, 3.05) is 5.32 Å². The Bertz CT molecular complexity index is 926. The molecule has 2 rings (SSSR count). The maximum absolute atomic E-state index is 12.1. The smallest absolute Gasteiger partial charge is 0.287 e. The molecule has 28 heavy (non-hydrogen) atoms. The Morgan fingerprint density at radius 2 is 1.86 bits per heavy atom. The van der Waals surface area contributed by atoms with E-state index in [0.29, 0.717) is 11.4 Å². The van der Waals surface area contributed by atoms with Crippen LogP contribution in [0.15, 0.2) is 47.6 Å². The molecule has 0 unspecified atom stereocenters. The predicted octanol–water partition coefficient (Wildman–Crippen LogP) is 3.95. The van der Waals surface area contributed by atoms with Gasteiger partial charge in [0.15, 0.2) is 0 Å². The number of nitro groups is 1. The van der Waals surface area contributed by atoms with Gasteiger partial charge in [-0.15, -0.1) is 0 Å². The highest BCUT2D eigenvalue weighted by atomic mass is 35.5. The lowest BCUT2D eigenvalue weighted by atomic mass is 10.1. The fourth-order valence-corrected chi connectivity index (χ4v) is 2.56. The standard InChI is InChI=1S/C19H19ClN4O4/c1-3-13-4-7-15(8-5-13)21-18(25)10-12(2)22-23-19(26)14-6-9-17(24(27)28)16(20)11-14/h4-9,11H,3,10H2,1-2H3,(H,21,25)(H,23,26)/b22-12-. The first-order valence-electron chi connectivity index (χ1n) is 8.46. The summed E-state index contributed by atoms with van der Waals surface area (Å²) < 4.78 is 0. The van der Waals surface area contributed by atoms with Crippen LogP contribution in [0.3, 0.4) is 0 Å². The van der Waals surface area contributed by atoms with Crippen molar-refractivity contribution < 1.29 is 14.5 Å². The molecule has 0 saturated carbocycles. The normalized spacial score (nSPS) is 11.0. The number of rotatable bonds is 7. The lowest BCUT2D eigenvalue weighted by Crippen LogP contribution is -2.21. The van der Waals surface area contributed by atoms with E-state index in [0.717, 1.165) is 12.5 Å². The van der Waals surface area contributed by atoms with Gasteiger partial charge in [-0.05, 0) is 43.2 Å². The van der Waals surface area contributed by atoms with Crippen LogP contribution in [0.5, 0.6) is 0 Å². The van der Waals surface area contributed by atoms with E-state index >= 15 is 0 Å². The van der Waals surface area contributed by atoms with Crippen molar-refractivity contribution in [3.05, 3.63) is 68.7 Å². The van der Waals surface area contributed by atoms with Crippen LogP contribution in [0.4, 0.5) is 11.4 Å². The topological polar surface area (TPSA) is 114 Å². The third-order valence-corrected chi connectivity index (χ3v) is 4.12. The first-order valence-corrected chi connectivity index (χ1v) is 8.84. The molecule has 0 heterocycles. The summed E-state index contributed by atoms with van der Waals surface area (Å²) in [7, 11) is 0. The van der Waals surface area contributed by atoms with Gasteiger partial charge in [0.1, 0.15) is 5.02 Å². The van der Waals surface area contributed by atoms with Crippen molar-refractivity contribution >= 4 is 40.5 Å². The van der Waals surface area contributed by atoms with Crippen LogP contribution in [-0.2, 0) is 11.2 Å². The Hall–Kier alpha value is -3.26. The minimum atomic E-state index is -0.638. The summed E-state index contributed by atoms with van der Waals surface area (Å²) >= 11 is 5.79. The molecule has 0 saturated heterocycles. The summed E-state index contributed by atoms with van der Waals surface area (Å²) in [6, 6.07) is 11.1. The lowest BCUT2D eigenvalue weighted by Gasteiger charge is -2.06. The summed E-state index contributed by atoms with van der Waals surface area (Å²) in [5.41, 5.74) is 4.37. The van der Waals surface area contributed by atoms with Crippen LogP contribution in [-0.4, -0.2) is 22.4 Å². The Morgan fingerprint density at radius 3 is 2.43 bits per heavy atom. The molecule has 0 aromatic heterocycles. The molecule has 0 aliphatic heterocycles. The number of hydrogen-bond donors (Lipinski definition) is 2. The van der Waals surface area contributed by atoms with E-state index in [1.165, 1.54) is 17.7 Å². The van der Waals surface area contributed by atoms with Gasteiger partial charge in [0.2, 0.25) is 5.91 Å². The number of benzene rings is 2. The highest BCUT2D eigenvalue weighted by molar-refractivity contribution is 6.33. The summed E-state index contributed by atoms with van der Waals surface area (Å²) in [6.45, 7) is 3.65. The van der Waals surface area contributed by atoms with Crippen molar-refractivity contribution in [2.45, 2.75) is 26.7 Å². The quantitative estimate of drug-likeness (QED) is 0.414. The molecule has 0 aliphatic rings. The predicted molar refractivity (Wildman–Crippen MR) is 108 cm³/mol. The molecule has 0 spiro atoms. The summed E-state index contributed by atoms with van der Waals surface area (Å²) in [5, 5.41) is 17.2. The Balaban J connectivity index is 1.92. The van der Waals surface area contributed by atoms with E-state index in [1.807, 2.05) is 31.2 Å². The number of anilines is 1. The van der Waals surface area contributed by atoms with E-state index in [2.05, 4.69) is 15.8 Å². The molecule has 2 aromatic rings. The molecule has 0 radical (unpaired) electrons. The van der Waals surface area contributed by atoms with Gasteiger partial charge in [0.05, 0.1) is 11.3 Å². The molecule has 146 valence electrons. The lowest BCUT2D eigenvalue weighted by molar-refractivity contribution is -0.384. The molecule has 0 fully saturated rings. The van der Waals surface area contributed by atoms with E-state index in [-0.39, 0.29) is 28.6 Å². The average Bonchev–Trinajstić information content (AvgIpc) is 2.66. The first-order chi connectivity index (χ1) is 13.3. The molecular formula is C19H19ClN4O4. The number of hydrogen-bond acceptors (Lipinski definition) is 5. The van der Waals surface area contributed by atoms with Crippen molar-refractivity contribution in [3.63, 3.8) is 0 Å². The van der Waals surface area contributed by atoms with Crippen molar-refractivity contribution in [2.24, 2.45) is 5.10 Å². The highest BCUT2D eigenvalue weighted by Gasteiger charge is 2.15. The van der Waals surface area contributed by atoms with Gasteiger partial charge in [-0.3, -0.25) is 19.7 Å². The third kappa shape index (κ3) is 5.88. The SMILES string of the molecule is CCc1ccc(NC(=O)C/C(C)=N\NC(=O)c2ccc([N+](=O)[O-])c(Cl)c2)cc1. The third-order valence-electron chi connectivity index (χ3n) is 3.82. The summed E-state index contributed by atoms with van der Waals surface area (Å²) in [5.74, 6) is -0.857. The van der Waals surface area contributed by atoms with Crippen molar-refractivity contribution in [1.29, 1.82) is 0 Å². The molecule has 2 amide bonds. The summed E-state index contributed by atoms with van der Waals surface area (Å²) in [6.07, 6.45) is 0.913. The van der Waals surface area contributed by atoms with E-state index in [1.54, 1.807) is 6.92 Å².